The van der Waals surface area contributed by atoms with Crippen molar-refractivity contribution in [2.45, 2.75) is 6.10 Å². The molecule has 0 saturated carbocycles. The molecule has 2 N–H and O–H groups in total. The molecule has 0 aromatic carbocycles. The Labute approximate surface area is 61.6 Å². The third kappa shape index (κ3) is 4.49. The lowest BCUT2D eigenvalue weighted by atomic mass is 10.3. The summed E-state index contributed by atoms with van der Waals surface area (Å²) in [5.74, 6) is 0. The van der Waals surface area contributed by atoms with E-state index in [9.17, 15) is 0 Å². The first kappa shape index (κ1) is 9.62. The maximum Gasteiger partial charge on any atom is 0.0897 e. The molecule has 0 bridgehead atoms. The van der Waals surface area contributed by atoms with Crippen molar-refractivity contribution in [3.8, 4) is 0 Å². The lowest BCUT2D eigenvalue weighted by Crippen LogP contribution is -2.31. The van der Waals surface area contributed by atoms with Crippen LogP contribution in [0.5, 0.6) is 0 Å². The second-order valence-corrected chi connectivity index (χ2v) is 2.35. The van der Waals surface area contributed by atoms with Gasteiger partial charge < -0.3 is 15.1 Å². The van der Waals surface area contributed by atoms with E-state index in [0.717, 1.165) is 6.54 Å². The Kier molecular flexibility index (Phi) is 5.20. The van der Waals surface area contributed by atoms with Crippen molar-refractivity contribution in [1.82, 2.24) is 4.90 Å². The minimum absolute atomic E-state index is 0.179. The molecule has 0 aliphatic rings. The largest absolute Gasteiger partial charge is 0.394 e. The van der Waals surface area contributed by atoms with Gasteiger partial charge in [0.25, 0.3) is 0 Å². The molecule has 3 nitrogen and oxygen atoms in total. The van der Waals surface area contributed by atoms with E-state index in [4.69, 9.17) is 10.2 Å². The van der Waals surface area contributed by atoms with Crippen molar-refractivity contribution in [3.05, 3.63) is 12.7 Å². The van der Waals surface area contributed by atoms with Gasteiger partial charge in [0.05, 0.1) is 12.7 Å². The molecule has 3 heteroatoms. The number of aliphatic hydroxyl groups excluding tert-OH is 2. The fraction of sp³-hybridized carbons (Fsp3) is 0.714. The van der Waals surface area contributed by atoms with Crippen LogP contribution < -0.4 is 0 Å². The molecule has 60 valence electrons. The highest BCUT2D eigenvalue weighted by Gasteiger charge is 2.03. The van der Waals surface area contributed by atoms with Crippen molar-refractivity contribution >= 4 is 0 Å². The van der Waals surface area contributed by atoms with Crippen molar-refractivity contribution in [3.63, 3.8) is 0 Å². The van der Waals surface area contributed by atoms with Crippen LogP contribution in [-0.4, -0.2) is 48.0 Å². The number of nitrogens with zero attached hydrogens (tertiary/aromatic N) is 1. The molecule has 0 unspecified atom stereocenters. The van der Waals surface area contributed by atoms with Gasteiger partial charge in [-0.2, -0.15) is 0 Å². The third-order valence-electron chi connectivity index (χ3n) is 1.17. The Hall–Kier alpha value is -0.380. The molecule has 0 aromatic heterocycles. The van der Waals surface area contributed by atoms with Gasteiger partial charge >= 0.3 is 0 Å². The van der Waals surface area contributed by atoms with Crippen LogP contribution in [0.25, 0.3) is 0 Å². The maximum atomic E-state index is 8.93. The van der Waals surface area contributed by atoms with Gasteiger partial charge in [-0.15, -0.1) is 6.58 Å². The minimum atomic E-state index is -0.634. The predicted octanol–water partition coefficient (Wildman–Crippen LogP) is -0.543. The second-order valence-electron chi connectivity index (χ2n) is 2.35. The second kappa shape index (κ2) is 5.41. The average molecular weight is 145 g/mol. The average Bonchev–Trinajstić information content (AvgIpc) is 1.88. The summed E-state index contributed by atoms with van der Waals surface area (Å²) in [6.07, 6.45) is 1.12. The summed E-state index contributed by atoms with van der Waals surface area (Å²) in [4.78, 5) is 1.88. The molecule has 0 amide bonds. The van der Waals surface area contributed by atoms with E-state index < -0.39 is 6.10 Å². The normalized spacial score (nSPS) is 13.6. The summed E-state index contributed by atoms with van der Waals surface area (Å²) >= 11 is 0. The fourth-order valence-electron chi connectivity index (χ4n) is 0.712. The van der Waals surface area contributed by atoms with Crippen molar-refractivity contribution in [2.75, 3.05) is 26.7 Å². The zero-order valence-electron chi connectivity index (χ0n) is 6.32. The van der Waals surface area contributed by atoms with Crippen LogP contribution in [0.3, 0.4) is 0 Å². The van der Waals surface area contributed by atoms with Crippen molar-refractivity contribution < 1.29 is 10.2 Å². The molecule has 10 heavy (non-hydrogen) atoms. The predicted molar refractivity (Wildman–Crippen MR) is 40.8 cm³/mol. The van der Waals surface area contributed by atoms with Crippen molar-refractivity contribution in [1.29, 1.82) is 0 Å². The molecule has 0 fully saturated rings. The molecule has 1 atom stereocenters. The zero-order valence-corrected chi connectivity index (χ0v) is 6.32. The Balaban J connectivity index is 3.35. The summed E-state index contributed by atoms with van der Waals surface area (Å²) in [6.45, 7) is 4.59. The first-order valence-electron chi connectivity index (χ1n) is 3.29. The Morgan fingerprint density at radius 1 is 1.70 bits per heavy atom. The highest BCUT2D eigenvalue weighted by atomic mass is 16.3. The summed E-state index contributed by atoms with van der Waals surface area (Å²) in [6, 6.07) is 0. The summed E-state index contributed by atoms with van der Waals surface area (Å²) in [5, 5.41) is 17.4. The van der Waals surface area contributed by atoms with E-state index in [1.165, 1.54) is 0 Å². The van der Waals surface area contributed by atoms with E-state index in [0.29, 0.717) is 6.54 Å². The van der Waals surface area contributed by atoms with Gasteiger partial charge in [0.1, 0.15) is 0 Å². The van der Waals surface area contributed by atoms with E-state index >= 15 is 0 Å². The number of likely N-dealkylation sites (N-methyl/N-ethyl adjacent to an activating group) is 1. The van der Waals surface area contributed by atoms with E-state index in [1.807, 2.05) is 11.9 Å². The molecule has 0 aliphatic heterocycles. The van der Waals surface area contributed by atoms with Gasteiger partial charge in [0.2, 0.25) is 0 Å². The number of hydrogen-bond donors (Lipinski definition) is 2. The molecular formula is C7H15NO2. The highest BCUT2D eigenvalue weighted by Crippen LogP contribution is 1.87. The zero-order chi connectivity index (χ0) is 7.98. The van der Waals surface area contributed by atoms with Crippen LogP contribution in [0.15, 0.2) is 12.7 Å². The van der Waals surface area contributed by atoms with Crippen LogP contribution in [0.2, 0.25) is 0 Å². The smallest absolute Gasteiger partial charge is 0.0897 e. The summed E-state index contributed by atoms with van der Waals surface area (Å²) < 4.78 is 0. The highest BCUT2D eigenvalue weighted by molar-refractivity contribution is 4.72. The Morgan fingerprint density at radius 2 is 2.30 bits per heavy atom. The van der Waals surface area contributed by atoms with E-state index in [1.54, 1.807) is 6.08 Å². The van der Waals surface area contributed by atoms with Crippen LogP contribution in [0.4, 0.5) is 0 Å². The fourth-order valence-corrected chi connectivity index (χ4v) is 0.712. The van der Waals surface area contributed by atoms with Gasteiger partial charge in [-0.05, 0) is 7.05 Å². The van der Waals surface area contributed by atoms with Crippen LogP contribution >= 0.6 is 0 Å². The Bertz CT molecular complexity index is 95.6. The van der Waals surface area contributed by atoms with Crippen LogP contribution in [-0.2, 0) is 0 Å². The molecule has 0 saturated heterocycles. The molecule has 0 aliphatic carbocycles. The molecule has 0 aromatic rings. The lowest BCUT2D eigenvalue weighted by Gasteiger charge is -2.16. The number of aliphatic hydroxyl groups is 2. The minimum Gasteiger partial charge on any atom is -0.394 e. The van der Waals surface area contributed by atoms with Gasteiger partial charge in [0.15, 0.2) is 0 Å². The quantitative estimate of drug-likeness (QED) is 0.510. The first-order valence-corrected chi connectivity index (χ1v) is 3.29. The van der Waals surface area contributed by atoms with Gasteiger partial charge in [-0.3, -0.25) is 0 Å². The lowest BCUT2D eigenvalue weighted by molar-refractivity contribution is 0.0695. The first-order chi connectivity index (χ1) is 4.70. The molecule has 0 rings (SSSR count). The number of hydrogen-bond acceptors (Lipinski definition) is 3. The van der Waals surface area contributed by atoms with Gasteiger partial charge in [-0.1, -0.05) is 6.08 Å². The van der Waals surface area contributed by atoms with E-state index in [-0.39, 0.29) is 6.61 Å². The standard InChI is InChI=1S/C7H15NO2/c1-3-4-8(2)5-7(10)6-9/h3,7,9-10H,1,4-6H2,2H3/t7-/m0/s1. The SMILES string of the molecule is C=CCN(C)C[C@H](O)CO. The van der Waals surface area contributed by atoms with E-state index in [2.05, 4.69) is 6.58 Å². The number of rotatable bonds is 5. The molecular weight excluding hydrogens is 130 g/mol. The van der Waals surface area contributed by atoms with Crippen molar-refractivity contribution in [2.24, 2.45) is 0 Å². The Morgan fingerprint density at radius 3 is 2.70 bits per heavy atom. The van der Waals surface area contributed by atoms with Gasteiger partial charge in [0, 0.05) is 13.1 Å². The molecule has 0 spiro atoms. The third-order valence-corrected chi connectivity index (χ3v) is 1.17. The summed E-state index contributed by atoms with van der Waals surface area (Å²) in [5.41, 5.74) is 0. The molecule has 0 heterocycles. The van der Waals surface area contributed by atoms with Gasteiger partial charge in [-0.25, -0.2) is 0 Å². The molecule has 0 radical (unpaired) electrons. The topological polar surface area (TPSA) is 43.7 Å². The summed E-state index contributed by atoms with van der Waals surface area (Å²) in [7, 11) is 1.86. The monoisotopic (exact) mass is 145 g/mol. The van der Waals surface area contributed by atoms with Crippen LogP contribution in [0, 0.1) is 0 Å². The van der Waals surface area contributed by atoms with Crippen LogP contribution in [0.1, 0.15) is 0 Å². The maximum absolute atomic E-state index is 8.93.